The summed E-state index contributed by atoms with van der Waals surface area (Å²) in [4.78, 5) is 24.5. The quantitative estimate of drug-likeness (QED) is 0.0320. The SMILES string of the molecule is CCCC/C=C\C/C=C\CCCCCCCC(=O)OCCCCCCCCCCCCCCCCCCCCCCCCCCCCCCCCC(=O)NC(CO)C(O)CCCCCCCCCCCC. The Labute approximate surface area is 443 Å². The van der Waals surface area contributed by atoms with E-state index in [1.54, 1.807) is 0 Å². The summed E-state index contributed by atoms with van der Waals surface area (Å²) in [5.41, 5.74) is 0. The number of esters is 1. The van der Waals surface area contributed by atoms with Gasteiger partial charge in [0.15, 0.2) is 0 Å². The molecule has 0 aliphatic rings. The highest BCUT2D eigenvalue weighted by Crippen LogP contribution is 2.18. The number of allylic oxidation sites excluding steroid dienone is 4. The van der Waals surface area contributed by atoms with Crippen molar-refractivity contribution in [3.8, 4) is 0 Å². The molecule has 0 aliphatic carbocycles. The van der Waals surface area contributed by atoms with Gasteiger partial charge < -0.3 is 20.3 Å². The second kappa shape index (κ2) is 60.9. The van der Waals surface area contributed by atoms with Gasteiger partial charge in [-0.2, -0.15) is 0 Å². The van der Waals surface area contributed by atoms with Crippen LogP contribution in [0, 0.1) is 0 Å². The molecule has 1 amide bonds. The Hall–Kier alpha value is -1.66. The van der Waals surface area contributed by atoms with E-state index in [1.807, 2.05) is 0 Å². The minimum absolute atomic E-state index is 0.00559. The molecular formula is C65H125NO5. The molecule has 0 saturated carbocycles. The fraction of sp³-hybridized carbons (Fsp3) is 0.908. The van der Waals surface area contributed by atoms with Gasteiger partial charge in [0.05, 0.1) is 25.4 Å². The van der Waals surface area contributed by atoms with Crippen LogP contribution in [0.1, 0.15) is 354 Å². The Morgan fingerprint density at radius 3 is 1.11 bits per heavy atom. The number of nitrogens with one attached hydrogen (secondary N) is 1. The van der Waals surface area contributed by atoms with Crippen molar-refractivity contribution in [3.05, 3.63) is 24.3 Å². The fourth-order valence-corrected chi connectivity index (χ4v) is 10.1. The largest absolute Gasteiger partial charge is 0.466 e. The molecule has 0 aromatic heterocycles. The zero-order chi connectivity index (χ0) is 51.4. The van der Waals surface area contributed by atoms with E-state index in [2.05, 4.69) is 43.5 Å². The molecule has 71 heavy (non-hydrogen) atoms. The molecule has 6 heteroatoms. The molecule has 2 unspecified atom stereocenters. The van der Waals surface area contributed by atoms with E-state index in [-0.39, 0.29) is 18.5 Å². The van der Waals surface area contributed by atoms with Crippen molar-refractivity contribution in [2.75, 3.05) is 13.2 Å². The minimum atomic E-state index is -0.659. The fourth-order valence-electron chi connectivity index (χ4n) is 10.1. The molecular weight excluding hydrogens is 875 g/mol. The number of amides is 1. The molecule has 0 spiro atoms. The van der Waals surface area contributed by atoms with Gasteiger partial charge in [0.25, 0.3) is 0 Å². The van der Waals surface area contributed by atoms with Gasteiger partial charge in [-0.05, 0) is 51.4 Å². The lowest BCUT2D eigenvalue weighted by atomic mass is 10.0. The maximum atomic E-state index is 12.4. The van der Waals surface area contributed by atoms with E-state index in [0.29, 0.717) is 25.9 Å². The summed E-state index contributed by atoms with van der Waals surface area (Å²) < 4.78 is 5.48. The highest BCUT2D eigenvalue weighted by atomic mass is 16.5. The van der Waals surface area contributed by atoms with Crippen LogP contribution in [0.3, 0.4) is 0 Å². The van der Waals surface area contributed by atoms with Crippen LogP contribution < -0.4 is 5.32 Å². The first-order valence-corrected chi connectivity index (χ1v) is 32.1. The van der Waals surface area contributed by atoms with Crippen molar-refractivity contribution in [1.29, 1.82) is 0 Å². The Morgan fingerprint density at radius 1 is 0.394 bits per heavy atom. The zero-order valence-corrected chi connectivity index (χ0v) is 48.0. The number of rotatable bonds is 60. The van der Waals surface area contributed by atoms with E-state index >= 15 is 0 Å². The average Bonchev–Trinajstić information content (AvgIpc) is 3.37. The lowest BCUT2D eigenvalue weighted by molar-refractivity contribution is -0.143. The number of hydrogen-bond acceptors (Lipinski definition) is 5. The molecule has 0 saturated heterocycles. The number of unbranched alkanes of at least 4 members (excludes halogenated alkanes) is 45. The molecule has 3 N–H and O–H groups in total. The summed E-state index contributed by atoms with van der Waals surface area (Å²) >= 11 is 0. The third kappa shape index (κ3) is 57.5. The van der Waals surface area contributed by atoms with Gasteiger partial charge in [-0.1, -0.05) is 314 Å². The Morgan fingerprint density at radius 2 is 0.718 bits per heavy atom. The predicted molar refractivity (Wildman–Crippen MR) is 310 cm³/mol. The molecule has 0 radical (unpaired) electrons. The third-order valence-corrected chi connectivity index (χ3v) is 15.0. The number of hydrogen-bond donors (Lipinski definition) is 3. The van der Waals surface area contributed by atoms with Crippen LogP contribution in [0.4, 0.5) is 0 Å². The molecule has 2 atom stereocenters. The molecule has 0 bridgehead atoms. The topological polar surface area (TPSA) is 95.9 Å². The van der Waals surface area contributed by atoms with Gasteiger partial charge in [-0.25, -0.2) is 0 Å². The Balaban J connectivity index is 3.30. The maximum absolute atomic E-state index is 12.4. The van der Waals surface area contributed by atoms with E-state index in [9.17, 15) is 19.8 Å². The number of ether oxygens (including phenoxy) is 1. The van der Waals surface area contributed by atoms with Crippen LogP contribution in [0.5, 0.6) is 0 Å². The third-order valence-electron chi connectivity index (χ3n) is 15.0. The monoisotopic (exact) mass is 1000 g/mol. The molecule has 6 nitrogen and oxygen atoms in total. The molecule has 0 aliphatic heterocycles. The van der Waals surface area contributed by atoms with Gasteiger partial charge >= 0.3 is 5.97 Å². The van der Waals surface area contributed by atoms with E-state index in [1.165, 1.54) is 270 Å². The van der Waals surface area contributed by atoms with E-state index in [4.69, 9.17) is 4.74 Å². The number of aliphatic hydroxyl groups is 2. The normalized spacial score (nSPS) is 12.7. The molecule has 0 fully saturated rings. The lowest BCUT2D eigenvalue weighted by Gasteiger charge is -2.22. The van der Waals surface area contributed by atoms with Crippen LogP contribution in [-0.4, -0.2) is 47.4 Å². The summed E-state index contributed by atoms with van der Waals surface area (Å²) in [6, 6.07) is -0.536. The molecule has 0 aromatic carbocycles. The summed E-state index contributed by atoms with van der Waals surface area (Å²) in [5.74, 6) is -0.0259. The Bertz CT molecular complexity index is 1110. The smallest absolute Gasteiger partial charge is 0.305 e. The first kappa shape index (κ1) is 69.3. The molecule has 420 valence electrons. The van der Waals surface area contributed by atoms with E-state index < -0.39 is 12.1 Å². The second-order valence-corrected chi connectivity index (χ2v) is 22.1. The van der Waals surface area contributed by atoms with Crippen molar-refractivity contribution in [3.63, 3.8) is 0 Å². The summed E-state index contributed by atoms with van der Waals surface area (Å²) in [6.45, 7) is 4.91. The number of aliphatic hydroxyl groups excluding tert-OH is 2. The highest BCUT2D eigenvalue weighted by Gasteiger charge is 2.20. The lowest BCUT2D eigenvalue weighted by Crippen LogP contribution is -2.45. The zero-order valence-electron chi connectivity index (χ0n) is 48.0. The first-order chi connectivity index (χ1) is 35.0. The average molecular weight is 1000 g/mol. The molecule has 0 aromatic rings. The minimum Gasteiger partial charge on any atom is -0.466 e. The van der Waals surface area contributed by atoms with Gasteiger partial charge in [0, 0.05) is 12.8 Å². The van der Waals surface area contributed by atoms with Crippen molar-refractivity contribution in [2.24, 2.45) is 0 Å². The van der Waals surface area contributed by atoms with E-state index in [0.717, 1.165) is 51.4 Å². The summed E-state index contributed by atoms with van der Waals surface area (Å²) in [7, 11) is 0. The van der Waals surface area contributed by atoms with Crippen LogP contribution >= 0.6 is 0 Å². The van der Waals surface area contributed by atoms with Crippen LogP contribution in [0.15, 0.2) is 24.3 Å². The van der Waals surface area contributed by atoms with Gasteiger partial charge in [0.2, 0.25) is 5.91 Å². The van der Waals surface area contributed by atoms with Crippen LogP contribution in [0.25, 0.3) is 0 Å². The van der Waals surface area contributed by atoms with Crippen molar-refractivity contribution in [2.45, 2.75) is 366 Å². The van der Waals surface area contributed by atoms with Gasteiger partial charge in [0.1, 0.15) is 0 Å². The summed E-state index contributed by atoms with van der Waals surface area (Å²) in [5, 5.41) is 23.2. The number of carbonyl (C=O) groups excluding carboxylic acids is 2. The van der Waals surface area contributed by atoms with Gasteiger partial charge in [-0.15, -0.1) is 0 Å². The highest BCUT2D eigenvalue weighted by molar-refractivity contribution is 5.76. The standard InChI is InChI=1S/C65H125NO5/c1-3-5-7-9-11-13-15-16-36-39-43-47-51-55-59-65(70)71-60-56-52-48-44-40-37-34-32-30-28-26-24-22-20-18-17-19-21-23-25-27-29-31-33-35-38-42-46-50-54-58-64(69)66-62(61-67)63(68)57-53-49-45-41-14-12-10-8-6-4-2/h9,11,15-16,62-63,67-68H,3-8,10,12-14,17-61H2,1-2H3,(H,66,69)/b11-9-,16-15-. The summed E-state index contributed by atoms with van der Waals surface area (Å²) in [6.07, 6.45) is 75.0. The van der Waals surface area contributed by atoms with Crippen LogP contribution in [-0.2, 0) is 14.3 Å². The van der Waals surface area contributed by atoms with Crippen molar-refractivity contribution >= 4 is 11.9 Å². The van der Waals surface area contributed by atoms with Gasteiger partial charge in [-0.3, -0.25) is 9.59 Å². The second-order valence-electron chi connectivity index (χ2n) is 22.1. The Kier molecular flexibility index (Phi) is 59.5. The van der Waals surface area contributed by atoms with Crippen molar-refractivity contribution < 1.29 is 24.5 Å². The number of carbonyl (C=O) groups is 2. The predicted octanol–water partition coefficient (Wildman–Crippen LogP) is 20.2. The van der Waals surface area contributed by atoms with Crippen molar-refractivity contribution in [1.82, 2.24) is 5.32 Å². The molecule has 0 rings (SSSR count). The first-order valence-electron chi connectivity index (χ1n) is 32.1. The van der Waals surface area contributed by atoms with Crippen LogP contribution in [0.2, 0.25) is 0 Å². The maximum Gasteiger partial charge on any atom is 0.305 e. The molecule has 0 heterocycles.